The van der Waals surface area contributed by atoms with Crippen molar-refractivity contribution in [1.82, 2.24) is 0 Å². The van der Waals surface area contributed by atoms with Gasteiger partial charge in [0.15, 0.2) is 0 Å². The van der Waals surface area contributed by atoms with Crippen LogP contribution < -0.4 is 0 Å². The van der Waals surface area contributed by atoms with Crippen molar-refractivity contribution in [3.8, 4) is 0 Å². The number of aliphatic hydroxyl groups is 2. The number of carboxylic acids is 1. The van der Waals surface area contributed by atoms with Crippen LogP contribution in [0.1, 0.15) is 46.5 Å². The number of hydrogen-bond acceptors (Lipinski definition) is 5. The first-order chi connectivity index (χ1) is 9.21. The quantitative estimate of drug-likeness (QED) is 0.674. The summed E-state index contributed by atoms with van der Waals surface area (Å²) in [5, 5.41) is 24.2. The SMILES string of the molecule is CC(C)(C)OC(=O)C1CCCC(C(=O)O)C1.OCCO. The molecule has 1 rings (SSSR count). The Bertz CT molecular complexity index is 305. The first-order valence-corrected chi connectivity index (χ1v) is 6.88. The van der Waals surface area contributed by atoms with Crippen molar-refractivity contribution in [2.24, 2.45) is 11.8 Å². The number of rotatable bonds is 3. The van der Waals surface area contributed by atoms with E-state index >= 15 is 0 Å². The zero-order valence-electron chi connectivity index (χ0n) is 12.5. The highest BCUT2D eigenvalue weighted by molar-refractivity contribution is 5.75. The van der Waals surface area contributed by atoms with Crippen LogP contribution in [0.3, 0.4) is 0 Å². The van der Waals surface area contributed by atoms with Gasteiger partial charge in [0, 0.05) is 0 Å². The number of carboxylic acid groups (broad SMARTS) is 1. The van der Waals surface area contributed by atoms with E-state index in [0.717, 1.165) is 12.8 Å². The van der Waals surface area contributed by atoms with Crippen molar-refractivity contribution in [2.75, 3.05) is 13.2 Å². The molecule has 0 spiro atoms. The highest BCUT2D eigenvalue weighted by atomic mass is 16.6. The lowest BCUT2D eigenvalue weighted by atomic mass is 9.81. The van der Waals surface area contributed by atoms with Crippen LogP contribution in [0.25, 0.3) is 0 Å². The summed E-state index contributed by atoms with van der Waals surface area (Å²) in [5.41, 5.74) is -0.493. The summed E-state index contributed by atoms with van der Waals surface area (Å²) in [6.07, 6.45) is 2.64. The molecule has 0 aromatic heterocycles. The number of aliphatic hydroxyl groups excluding tert-OH is 2. The smallest absolute Gasteiger partial charge is 0.309 e. The van der Waals surface area contributed by atoms with Crippen LogP contribution in [-0.4, -0.2) is 46.1 Å². The molecular formula is C14H26O6. The van der Waals surface area contributed by atoms with Crippen LogP contribution in [0.4, 0.5) is 0 Å². The molecule has 0 heterocycles. The van der Waals surface area contributed by atoms with Gasteiger partial charge in [-0.05, 0) is 40.0 Å². The minimum absolute atomic E-state index is 0.125. The predicted molar refractivity (Wildman–Crippen MR) is 73.1 cm³/mol. The lowest BCUT2D eigenvalue weighted by Gasteiger charge is -2.28. The van der Waals surface area contributed by atoms with Crippen molar-refractivity contribution in [3.63, 3.8) is 0 Å². The topological polar surface area (TPSA) is 104 Å². The predicted octanol–water partition coefficient (Wildman–Crippen LogP) is 1.19. The summed E-state index contributed by atoms with van der Waals surface area (Å²) in [4.78, 5) is 22.6. The molecule has 0 bridgehead atoms. The summed E-state index contributed by atoms with van der Waals surface area (Å²) in [6.45, 7) is 5.22. The largest absolute Gasteiger partial charge is 0.481 e. The third-order valence-electron chi connectivity index (χ3n) is 2.86. The second kappa shape index (κ2) is 8.92. The van der Waals surface area contributed by atoms with E-state index in [0.29, 0.717) is 12.8 Å². The Kier molecular flexibility index (Phi) is 8.41. The van der Waals surface area contributed by atoms with E-state index in [1.54, 1.807) is 0 Å². The zero-order chi connectivity index (χ0) is 15.8. The van der Waals surface area contributed by atoms with Gasteiger partial charge < -0.3 is 20.1 Å². The normalized spacial score (nSPS) is 22.4. The second-order valence-electron chi connectivity index (χ2n) is 5.88. The van der Waals surface area contributed by atoms with Crippen LogP contribution >= 0.6 is 0 Å². The molecule has 0 aliphatic heterocycles. The van der Waals surface area contributed by atoms with E-state index in [9.17, 15) is 9.59 Å². The van der Waals surface area contributed by atoms with Gasteiger partial charge in [0.25, 0.3) is 0 Å². The maximum atomic E-state index is 11.8. The third-order valence-corrected chi connectivity index (χ3v) is 2.86. The number of esters is 1. The van der Waals surface area contributed by atoms with Crippen LogP contribution in [0, 0.1) is 11.8 Å². The number of hydrogen-bond donors (Lipinski definition) is 3. The summed E-state index contributed by atoms with van der Waals surface area (Å²) in [7, 11) is 0. The van der Waals surface area contributed by atoms with Gasteiger partial charge in [-0.25, -0.2) is 0 Å². The Morgan fingerprint density at radius 1 is 1.10 bits per heavy atom. The van der Waals surface area contributed by atoms with Gasteiger partial charge in [-0.1, -0.05) is 6.42 Å². The fourth-order valence-electron chi connectivity index (χ4n) is 2.01. The average Bonchev–Trinajstić information content (AvgIpc) is 2.37. The van der Waals surface area contributed by atoms with E-state index in [4.69, 9.17) is 20.1 Å². The molecule has 6 heteroatoms. The number of carbonyl (C=O) groups excluding carboxylic acids is 1. The monoisotopic (exact) mass is 290 g/mol. The van der Waals surface area contributed by atoms with Gasteiger partial charge in [-0.15, -0.1) is 0 Å². The molecular weight excluding hydrogens is 264 g/mol. The highest BCUT2D eigenvalue weighted by Gasteiger charge is 2.33. The number of ether oxygens (including phenoxy) is 1. The molecule has 3 N–H and O–H groups in total. The summed E-state index contributed by atoms with van der Waals surface area (Å²) >= 11 is 0. The average molecular weight is 290 g/mol. The van der Waals surface area contributed by atoms with E-state index in [-0.39, 0.29) is 31.0 Å². The molecule has 0 radical (unpaired) electrons. The Morgan fingerprint density at radius 3 is 2.00 bits per heavy atom. The minimum Gasteiger partial charge on any atom is -0.481 e. The van der Waals surface area contributed by atoms with E-state index < -0.39 is 11.6 Å². The Balaban J connectivity index is 0.000000796. The van der Waals surface area contributed by atoms with E-state index in [1.807, 2.05) is 20.8 Å². The molecule has 1 aliphatic rings. The fraction of sp³-hybridized carbons (Fsp3) is 0.857. The summed E-state index contributed by atoms with van der Waals surface area (Å²) in [6, 6.07) is 0. The molecule has 20 heavy (non-hydrogen) atoms. The zero-order valence-corrected chi connectivity index (χ0v) is 12.5. The highest BCUT2D eigenvalue weighted by Crippen LogP contribution is 2.30. The van der Waals surface area contributed by atoms with Crippen molar-refractivity contribution in [3.05, 3.63) is 0 Å². The summed E-state index contributed by atoms with van der Waals surface area (Å²) < 4.78 is 5.27. The Hall–Kier alpha value is -1.14. The Morgan fingerprint density at radius 2 is 1.60 bits per heavy atom. The van der Waals surface area contributed by atoms with Gasteiger partial charge in [0.05, 0.1) is 25.0 Å². The molecule has 1 fully saturated rings. The number of aliphatic carboxylic acids is 1. The lowest BCUT2D eigenvalue weighted by Crippen LogP contribution is -2.33. The van der Waals surface area contributed by atoms with Crippen LogP contribution in [-0.2, 0) is 14.3 Å². The minimum atomic E-state index is -0.798. The maximum absolute atomic E-state index is 11.8. The molecule has 0 amide bonds. The number of carbonyl (C=O) groups is 2. The molecule has 1 saturated carbocycles. The first kappa shape index (κ1) is 18.9. The maximum Gasteiger partial charge on any atom is 0.309 e. The fourth-order valence-corrected chi connectivity index (χ4v) is 2.01. The molecule has 0 saturated heterocycles. The van der Waals surface area contributed by atoms with Crippen LogP contribution in [0.2, 0.25) is 0 Å². The molecule has 2 atom stereocenters. The van der Waals surface area contributed by atoms with Crippen molar-refractivity contribution in [2.45, 2.75) is 52.1 Å². The molecule has 0 aromatic carbocycles. The van der Waals surface area contributed by atoms with Crippen LogP contribution in [0.5, 0.6) is 0 Å². The molecule has 118 valence electrons. The molecule has 2 unspecified atom stereocenters. The van der Waals surface area contributed by atoms with E-state index in [1.165, 1.54) is 0 Å². The van der Waals surface area contributed by atoms with Crippen molar-refractivity contribution < 1.29 is 29.6 Å². The lowest BCUT2D eigenvalue weighted by molar-refractivity contribution is -0.162. The standard InChI is InChI=1S/C12H20O4.C2H6O2/c1-12(2,3)16-11(15)9-6-4-5-8(7-9)10(13)14;3-1-2-4/h8-9H,4-7H2,1-3H3,(H,13,14);3-4H,1-2H2. The Labute approximate surface area is 119 Å². The molecule has 0 aromatic rings. The van der Waals surface area contributed by atoms with Crippen molar-refractivity contribution >= 4 is 11.9 Å². The molecule has 1 aliphatic carbocycles. The van der Waals surface area contributed by atoms with Gasteiger partial charge in [-0.3, -0.25) is 9.59 Å². The van der Waals surface area contributed by atoms with Gasteiger partial charge >= 0.3 is 11.9 Å². The van der Waals surface area contributed by atoms with Gasteiger partial charge in [-0.2, -0.15) is 0 Å². The molecule has 6 nitrogen and oxygen atoms in total. The van der Waals surface area contributed by atoms with E-state index in [2.05, 4.69) is 0 Å². The first-order valence-electron chi connectivity index (χ1n) is 6.88. The van der Waals surface area contributed by atoms with Crippen LogP contribution in [0.15, 0.2) is 0 Å². The summed E-state index contributed by atoms with van der Waals surface area (Å²) in [5.74, 6) is -1.67. The van der Waals surface area contributed by atoms with Gasteiger partial charge in [0.1, 0.15) is 5.60 Å². The van der Waals surface area contributed by atoms with Gasteiger partial charge in [0.2, 0.25) is 0 Å². The third kappa shape index (κ3) is 8.12. The second-order valence-corrected chi connectivity index (χ2v) is 5.88. The van der Waals surface area contributed by atoms with Crippen molar-refractivity contribution in [1.29, 1.82) is 0 Å².